The molecule has 1 heterocycles. The van der Waals surface area contributed by atoms with Crippen molar-refractivity contribution in [1.29, 1.82) is 0 Å². The molecule has 0 saturated carbocycles. The van der Waals surface area contributed by atoms with Crippen LogP contribution in [0.3, 0.4) is 0 Å². The quantitative estimate of drug-likeness (QED) is 0.880. The van der Waals surface area contributed by atoms with E-state index in [-0.39, 0.29) is 11.4 Å². The Balaban J connectivity index is 2.79. The highest BCUT2D eigenvalue weighted by Crippen LogP contribution is 2.19. The predicted octanol–water partition coefficient (Wildman–Crippen LogP) is 2.36. The number of hydrogen-bond acceptors (Lipinski definition) is 2. The van der Waals surface area contributed by atoms with Crippen LogP contribution < -0.4 is 11.3 Å². The molecule has 4 nitrogen and oxygen atoms in total. The minimum atomic E-state index is -1.31. The lowest BCUT2D eigenvalue weighted by Crippen LogP contribution is -2.23. The van der Waals surface area contributed by atoms with Gasteiger partial charge >= 0.3 is 0 Å². The molecular weight excluding hydrogens is 271 g/mol. The molecule has 1 aromatic heterocycles. The maximum absolute atomic E-state index is 13.8. The van der Waals surface area contributed by atoms with Crippen molar-refractivity contribution in [3.05, 3.63) is 45.6 Å². The van der Waals surface area contributed by atoms with Gasteiger partial charge < -0.3 is 5.73 Å². The molecule has 0 amide bonds. The Labute approximate surface area is 113 Å². The van der Waals surface area contributed by atoms with Crippen molar-refractivity contribution in [3.63, 3.8) is 0 Å². The maximum atomic E-state index is 13.8. The Hall–Kier alpha value is -2.18. The van der Waals surface area contributed by atoms with Crippen molar-refractivity contribution in [2.24, 2.45) is 0 Å². The Morgan fingerprint density at radius 3 is 2.35 bits per heavy atom. The van der Waals surface area contributed by atoms with Crippen molar-refractivity contribution >= 4 is 5.69 Å². The average Bonchev–Trinajstić information content (AvgIpc) is 2.60. The van der Waals surface area contributed by atoms with Gasteiger partial charge in [-0.25, -0.2) is 17.9 Å². The lowest BCUT2D eigenvalue weighted by molar-refractivity contribution is 0.474. The zero-order valence-corrected chi connectivity index (χ0v) is 11.1. The van der Waals surface area contributed by atoms with Gasteiger partial charge in [-0.3, -0.25) is 9.48 Å². The van der Waals surface area contributed by atoms with E-state index in [0.29, 0.717) is 30.8 Å². The molecule has 0 spiro atoms. The molecule has 0 aliphatic heterocycles. The van der Waals surface area contributed by atoms with Crippen LogP contribution in [0.4, 0.5) is 18.9 Å². The molecule has 20 heavy (non-hydrogen) atoms. The minimum Gasteiger partial charge on any atom is -0.393 e. The SMILES string of the molecule is CCCn1c(C)c(N)c(=O)n1-c1cc(F)c(F)cc1F. The van der Waals surface area contributed by atoms with Crippen LogP contribution in [0.15, 0.2) is 16.9 Å². The summed E-state index contributed by atoms with van der Waals surface area (Å²) >= 11 is 0. The topological polar surface area (TPSA) is 52.9 Å². The molecule has 2 aromatic rings. The van der Waals surface area contributed by atoms with Crippen molar-refractivity contribution < 1.29 is 13.2 Å². The lowest BCUT2D eigenvalue weighted by Gasteiger charge is -2.13. The van der Waals surface area contributed by atoms with E-state index in [0.717, 1.165) is 4.68 Å². The van der Waals surface area contributed by atoms with Gasteiger partial charge in [0, 0.05) is 18.7 Å². The van der Waals surface area contributed by atoms with Crippen LogP contribution in [-0.2, 0) is 6.54 Å². The van der Waals surface area contributed by atoms with E-state index in [9.17, 15) is 18.0 Å². The molecule has 0 saturated heterocycles. The van der Waals surface area contributed by atoms with Crippen LogP contribution in [0.1, 0.15) is 19.0 Å². The molecule has 0 fully saturated rings. The summed E-state index contributed by atoms with van der Waals surface area (Å²) in [6.07, 6.45) is 0.666. The lowest BCUT2D eigenvalue weighted by atomic mass is 10.3. The molecule has 0 radical (unpaired) electrons. The molecule has 0 aliphatic carbocycles. The fourth-order valence-electron chi connectivity index (χ4n) is 2.06. The fourth-order valence-corrected chi connectivity index (χ4v) is 2.06. The van der Waals surface area contributed by atoms with Crippen molar-refractivity contribution in [1.82, 2.24) is 9.36 Å². The monoisotopic (exact) mass is 285 g/mol. The van der Waals surface area contributed by atoms with Crippen LogP contribution in [0.2, 0.25) is 0 Å². The highest BCUT2D eigenvalue weighted by Gasteiger charge is 2.20. The number of benzene rings is 1. The van der Waals surface area contributed by atoms with Gasteiger partial charge in [0.1, 0.15) is 11.4 Å². The number of nitrogens with zero attached hydrogens (tertiary/aromatic N) is 2. The van der Waals surface area contributed by atoms with Gasteiger partial charge in [0.15, 0.2) is 17.5 Å². The zero-order chi connectivity index (χ0) is 15.0. The van der Waals surface area contributed by atoms with Gasteiger partial charge in [-0.05, 0) is 13.3 Å². The standard InChI is InChI=1S/C13H14F3N3O/c1-3-4-18-7(2)12(17)13(20)19(18)11-6-9(15)8(14)5-10(11)16/h5-6H,3-4,17H2,1-2H3. The highest BCUT2D eigenvalue weighted by molar-refractivity contribution is 5.45. The Morgan fingerprint density at radius 2 is 1.75 bits per heavy atom. The van der Waals surface area contributed by atoms with Gasteiger partial charge in [-0.2, -0.15) is 0 Å². The highest BCUT2D eigenvalue weighted by atomic mass is 19.2. The normalized spacial score (nSPS) is 11.1. The summed E-state index contributed by atoms with van der Waals surface area (Å²) in [5, 5.41) is 0. The second-order valence-electron chi connectivity index (χ2n) is 4.46. The summed E-state index contributed by atoms with van der Waals surface area (Å²) < 4.78 is 42.5. The summed E-state index contributed by atoms with van der Waals surface area (Å²) in [6, 6.07) is 1.06. The number of nitrogens with two attached hydrogens (primary N) is 1. The van der Waals surface area contributed by atoms with Crippen LogP contribution in [0.5, 0.6) is 0 Å². The summed E-state index contributed by atoms with van der Waals surface area (Å²) in [5.41, 5.74) is 5.05. The first-order valence-electron chi connectivity index (χ1n) is 6.11. The van der Waals surface area contributed by atoms with Gasteiger partial charge in [-0.1, -0.05) is 6.92 Å². The molecule has 0 atom stereocenters. The van der Waals surface area contributed by atoms with E-state index in [4.69, 9.17) is 5.73 Å². The maximum Gasteiger partial charge on any atom is 0.294 e. The molecule has 0 bridgehead atoms. The first kappa shape index (κ1) is 14.2. The molecule has 2 N–H and O–H groups in total. The van der Waals surface area contributed by atoms with Crippen molar-refractivity contribution in [2.45, 2.75) is 26.8 Å². The molecule has 108 valence electrons. The summed E-state index contributed by atoms with van der Waals surface area (Å²) in [4.78, 5) is 12.1. The Morgan fingerprint density at radius 1 is 1.15 bits per heavy atom. The van der Waals surface area contributed by atoms with E-state index < -0.39 is 23.0 Å². The molecule has 0 aliphatic rings. The van der Waals surface area contributed by atoms with Crippen LogP contribution >= 0.6 is 0 Å². The summed E-state index contributed by atoms with van der Waals surface area (Å²) in [7, 11) is 0. The largest absolute Gasteiger partial charge is 0.393 e. The zero-order valence-electron chi connectivity index (χ0n) is 11.1. The van der Waals surface area contributed by atoms with Gasteiger partial charge in [0.25, 0.3) is 5.56 Å². The predicted molar refractivity (Wildman–Crippen MR) is 69.3 cm³/mol. The number of aromatic nitrogens is 2. The van der Waals surface area contributed by atoms with Crippen LogP contribution in [0.25, 0.3) is 5.69 Å². The summed E-state index contributed by atoms with van der Waals surface area (Å²) in [6.45, 7) is 3.88. The Kier molecular flexibility index (Phi) is 3.61. The first-order chi connectivity index (χ1) is 9.38. The number of nitrogen functional groups attached to an aromatic ring is 1. The van der Waals surface area contributed by atoms with E-state index in [1.165, 1.54) is 4.68 Å². The Bertz CT molecular complexity index is 719. The summed E-state index contributed by atoms with van der Waals surface area (Å²) in [5.74, 6) is -3.56. The molecular formula is C13H14F3N3O. The second kappa shape index (κ2) is 5.07. The van der Waals surface area contributed by atoms with E-state index in [1.807, 2.05) is 6.92 Å². The van der Waals surface area contributed by atoms with E-state index >= 15 is 0 Å². The van der Waals surface area contributed by atoms with Crippen LogP contribution in [-0.4, -0.2) is 9.36 Å². The van der Waals surface area contributed by atoms with Gasteiger partial charge in [0.05, 0.1) is 5.69 Å². The molecule has 2 rings (SSSR count). The molecule has 7 heteroatoms. The average molecular weight is 285 g/mol. The molecule has 0 unspecified atom stereocenters. The van der Waals surface area contributed by atoms with Crippen molar-refractivity contribution in [3.8, 4) is 5.69 Å². The van der Waals surface area contributed by atoms with E-state index in [2.05, 4.69) is 0 Å². The third-order valence-electron chi connectivity index (χ3n) is 3.09. The van der Waals surface area contributed by atoms with E-state index in [1.54, 1.807) is 6.92 Å². The number of anilines is 1. The third-order valence-corrected chi connectivity index (χ3v) is 3.09. The van der Waals surface area contributed by atoms with Crippen LogP contribution in [0, 0.1) is 24.4 Å². The first-order valence-corrected chi connectivity index (χ1v) is 6.11. The number of rotatable bonds is 3. The minimum absolute atomic E-state index is 0.0393. The smallest absolute Gasteiger partial charge is 0.294 e. The molecule has 1 aromatic carbocycles. The van der Waals surface area contributed by atoms with Gasteiger partial charge in [0.2, 0.25) is 0 Å². The van der Waals surface area contributed by atoms with Gasteiger partial charge in [-0.15, -0.1) is 0 Å². The fraction of sp³-hybridized carbons (Fsp3) is 0.308. The number of halogens is 3. The number of hydrogen-bond donors (Lipinski definition) is 1. The van der Waals surface area contributed by atoms with Crippen molar-refractivity contribution in [2.75, 3.05) is 5.73 Å². The second-order valence-corrected chi connectivity index (χ2v) is 4.46. The third kappa shape index (κ3) is 2.09.